The highest BCUT2D eigenvalue weighted by Gasteiger charge is 2.23. The summed E-state index contributed by atoms with van der Waals surface area (Å²) in [7, 11) is 0. The third kappa shape index (κ3) is 2.67. The van der Waals surface area contributed by atoms with Crippen LogP contribution in [0.2, 0.25) is 0 Å². The van der Waals surface area contributed by atoms with Crippen molar-refractivity contribution < 1.29 is 14.7 Å². The normalized spacial score (nSPS) is 14.1. The number of hydrogen-bond donors (Lipinski definition) is 1. The molecule has 0 aliphatic carbocycles. The lowest BCUT2D eigenvalue weighted by Gasteiger charge is -2.22. The molecular weight excluding hydrogens is 282 g/mol. The van der Waals surface area contributed by atoms with E-state index in [2.05, 4.69) is 9.97 Å². The maximum absolute atomic E-state index is 12.7. The van der Waals surface area contributed by atoms with Gasteiger partial charge in [-0.05, 0) is 30.9 Å². The predicted octanol–water partition coefficient (Wildman–Crippen LogP) is 2.16. The quantitative estimate of drug-likeness (QED) is 0.918. The van der Waals surface area contributed by atoms with Gasteiger partial charge >= 0.3 is 5.97 Å². The summed E-state index contributed by atoms with van der Waals surface area (Å²) in [5.41, 5.74) is 2.02. The van der Waals surface area contributed by atoms with Crippen LogP contribution in [-0.4, -0.2) is 33.5 Å². The van der Waals surface area contributed by atoms with Crippen molar-refractivity contribution in [3.05, 3.63) is 53.6 Å². The van der Waals surface area contributed by atoms with Crippen LogP contribution in [0.5, 0.6) is 0 Å². The molecule has 0 fully saturated rings. The SMILES string of the molecule is O=C(O)c1cnc(C(=O)N2CCCCc3ccccc32)cn1. The van der Waals surface area contributed by atoms with Crippen LogP contribution in [0.25, 0.3) is 0 Å². The summed E-state index contributed by atoms with van der Waals surface area (Å²) in [4.78, 5) is 32.9. The Morgan fingerprint density at radius 1 is 1.05 bits per heavy atom. The number of aromatic nitrogens is 2. The Kier molecular flexibility index (Phi) is 3.82. The van der Waals surface area contributed by atoms with E-state index in [9.17, 15) is 9.59 Å². The molecule has 3 rings (SSSR count). The third-order valence-corrected chi connectivity index (χ3v) is 3.70. The van der Waals surface area contributed by atoms with Crippen molar-refractivity contribution in [3.8, 4) is 0 Å². The first-order valence-corrected chi connectivity index (χ1v) is 7.12. The van der Waals surface area contributed by atoms with Gasteiger partial charge in [0.1, 0.15) is 5.69 Å². The highest BCUT2D eigenvalue weighted by molar-refractivity contribution is 6.05. The number of nitrogens with zero attached hydrogens (tertiary/aromatic N) is 3. The highest BCUT2D eigenvalue weighted by Crippen LogP contribution is 2.27. The molecule has 6 heteroatoms. The molecule has 112 valence electrons. The van der Waals surface area contributed by atoms with E-state index < -0.39 is 5.97 Å². The molecule has 0 atom stereocenters. The third-order valence-electron chi connectivity index (χ3n) is 3.70. The summed E-state index contributed by atoms with van der Waals surface area (Å²) < 4.78 is 0. The molecule has 0 spiro atoms. The predicted molar refractivity (Wildman–Crippen MR) is 80.0 cm³/mol. The first kappa shape index (κ1) is 14.2. The van der Waals surface area contributed by atoms with Gasteiger partial charge in [0.05, 0.1) is 12.4 Å². The Morgan fingerprint density at radius 3 is 2.50 bits per heavy atom. The second-order valence-electron chi connectivity index (χ2n) is 5.13. The van der Waals surface area contributed by atoms with Crippen LogP contribution in [0, 0.1) is 0 Å². The van der Waals surface area contributed by atoms with E-state index in [0.29, 0.717) is 6.54 Å². The highest BCUT2D eigenvalue weighted by atomic mass is 16.4. The number of para-hydroxylation sites is 1. The van der Waals surface area contributed by atoms with Crippen molar-refractivity contribution in [1.29, 1.82) is 0 Å². The van der Waals surface area contributed by atoms with Crippen LogP contribution in [0.4, 0.5) is 5.69 Å². The molecule has 22 heavy (non-hydrogen) atoms. The van der Waals surface area contributed by atoms with Crippen molar-refractivity contribution >= 4 is 17.6 Å². The number of benzene rings is 1. The number of carboxylic acids is 1. The molecule has 0 saturated carbocycles. The maximum Gasteiger partial charge on any atom is 0.356 e. The molecule has 0 saturated heterocycles. The number of anilines is 1. The van der Waals surface area contributed by atoms with Gasteiger partial charge in [-0.25, -0.2) is 14.8 Å². The van der Waals surface area contributed by atoms with Gasteiger partial charge in [0.2, 0.25) is 0 Å². The molecule has 1 aromatic heterocycles. The van der Waals surface area contributed by atoms with Gasteiger partial charge in [-0.1, -0.05) is 18.2 Å². The minimum Gasteiger partial charge on any atom is -0.476 e. The Balaban J connectivity index is 1.93. The first-order chi connectivity index (χ1) is 10.7. The monoisotopic (exact) mass is 297 g/mol. The van der Waals surface area contributed by atoms with Crippen LogP contribution in [-0.2, 0) is 6.42 Å². The van der Waals surface area contributed by atoms with Crippen molar-refractivity contribution in [2.45, 2.75) is 19.3 Å². The average molecular weight is 297 g/mol. The molecule has 6 nitrogen and oxygen atoms in total. The number of carbonyl (C=O) groups is 2. The standard InChI is InChI=1S/C16H15N3O3/c20-15(12-9-18-13(10-17-12)16(21)22)19-8-4-3-6-11-5-1-2-7-14(11)19/h1-2,5,7,9-10H,3-4,6,8H2,(H,21,22). The van der Waals surface area contributed by atoms with E-state index in [1.54, 1.807) is 4.90 Å². The average Bonchev–Trinajstić information content (AvgIpc) is 2.76. The summed E-state index contributed by atoms with van der Waals surface area (Å²) in [6.45, 7) is 0.623. The van der Waals surface area contributed by atoms with Crippen LogP contribution in [0.1, 0.15) is 39.4 Å². The Bertz CT molecular complexity index is 713. The number of aryl methyl sites for hydroxylation is 1. The zero-order chi connectivity index (χ0) is 15.5. The Morgan fingerprint density at radius 2 is 1.77 bits per heavy atom. The number of fused-ring (bicyclic) bond motifs is 1. The van der Waals surface area contributed by atoms with Gasteiger partial charge in [-0.2, -0.15) is 0 Å². The molecule has 0 bridgehead atoms. The largest absolute Gasteiger partial charge is 0.476 e. The summed E-state index contributed by atoms with van der Waals surface area (Å²) in [6, 6.07) is 7.83. The lowest BCUT2D eigenvalue weighted by Crippen LogP contribution is -2.32. The fourth-order valence-corrected chi connectivity index (χ4v) is 2.59. The van der Waals surface area contributed by atoms with Crippen molar-refractivity contribution in [3.63, 3.8) is 0 Å². The number of carbonyl (C=O) groups excluding carboxylic acids is 1. The number of hydrogen-bond acceptors (Lipinski definition) is 4. The molecule has 2 aromatic rings. The van der Waals surface area contributed by atoms with Crippen molar-refractivity contribution in [1.82, 2.24) is 9.97 Å². The first-order valence-electron chi connectivity index (χ1n) is 7.12. The number of aromatic carboxylic acids is 1. The molecule has 1 amide bonds. The van der Waals surface area contributed by atoms with Crippen molar-refractivity contribution in [2.24, 2.45) is 0 Å². The minimum absolute atomic E-state index is 0.154. The zero-order valence-corrected chi connectivity index (χ0v) is 11.9. The smallest absolute Gasteiger partial charge is 0.356 e. The molecule has 2 heterocycles. The summed E-state index contributed by atoms with van der Waals surface area (Å²) >= 11 is 0. The summed E-state index contributed by atoms with van der Waals surface area (Å²) in [6.07, 6.45) is 5.23. The Hall–Kier alpha value is -2.76. The number of carboxylic acid groups (broad SMARTS) is 1. The topological polar surface area (TPSA) is 83.4 Å². The molecule has 0 unspecified atom stereocenters. The lowest BCUT2D eigenvalue weighted by molar-refractivity contribution is 0.0689. The van der Waals surface area contributed by atoms with Gasteiger partial charge in [0, 0.05) is 12.2 Å². The van der Waals surface area contributed by atoms with E-state index in [1.165, 1.54) is 6.20 Å². The van der Waals surface area contributed by atoms with E-state index in [4.69, 9.17) is 5.11 Å². The molecule has 1 aliphatic heterocycles. The lowest BCUT2D eigenvalue weighted by atomic mass is 10.1. The molecule has 1 N–H and O–H groups in total. The fourth-order valence-electron chi connectivity index (χ4n) is 2.59. The maximum atomic E-state index is 12.7. The van der Waals surface area contributed by atoms with Gasteiger partial charge in [-0.15, -0.1) is 0 Å². The van der Waals surface area contributed by atoms with Crippen LogP contribution in [0.3, 0.4) is 0 Å². The summed E-state index contributed by atoms with van der Waals surface area (Å²) in [5, 5.41) is 8.83. The Labute approximate surface area is 127 Å². The van der Waals surface area contributed by atoms with Crippen LogP contribution < -0.4 is 4.90 Å². The second kappa shape index (κ2) is 5.93. The van der Waals surface area contributed by atoms with Gasteiger partial charge in [-0.3, -0.25) is 4.79 Å². The zero-order valence-electron chi connectivity index (χ0n) is 11.9. The van der Waals surface area contributed by atoms with E-state index in [-0.39, 0.29) is 17.3 Å². The van der Waals surface area contributed by atoms with Crippen molar-refractivity contribution in [2.75, 3.05) is 11.4 Å². The van der Waals surface area contributed by atoms with E-state index >= 15 is 0 Å². The van der Waals surface area contributed by atoms with E-state index in [0.717, 1.165) is 36.7 Å². The summed E-state index contributed by atoms with van der Waals surface area (Å²) in [5.74, 6) is -1.41. The number of rotatable bonds is 2. The molecule has 1 aliphatic rings. The van der Waals surface area contributed by atoms with Gasteiger partial charge in [0.25, 0.3) is 5.91 Å². The van der Waals surface area contributed by atoms with Gasteiger partial charge in [0.15, 0.2) is 5.69 Å². The van der Waals surface area contributed by atoms with Gasteiger partial charge < -0.3 is 10.0 Å². The molecule has 0 radical (unpaired) electrons. The minimum atomic E-state index is -1.16. The fraction of sp³-hybridized carbons (Fsp3) is 0.250. The van der Waals surface area contributed by atoms with Crippen LogP contribution in [0.15, 0.2) is 36.7 Å². The molecule has 1 aromatic carbocycles. The molecular formula is C16H15N3O3. The van der Waals surface area contributed by atoms with E-state index in [1.807, 2.05) is 24.3 Å². The van der Waals surface area contributed by atoms with Crippen LogP contribution >= 0.6 is 0 Å². The number of amides is 1. The second-order valence-corrected chi connectivity index (χ2v) is 5.13.